The number of anilines is 1. The fourth-order valence-corrected chi connectivity index (χ4v) is 4.28. The quantitative estimate of drug-likeness (QED) is 0.802. The number of para-hydroxylation sites is 1. The van der Waals surface area contributed by atoms with Crippen LogP contribution in [0.1, 0.15) is 12.5 Å². The zero-order valence-electron chi connectivity index (χ0n) is 10.8. The van der Waals surface area contributed by atoms with Crippen LogP contribution in [0.15, 0.2) is 47.5 Å². The van der Waals surface area contributed by atoms with Crippen molar-refractivity contribution in [1.29, 1.82) is 0 Å². The number of pyridine rings is 1. The van der Waals surface area contributed by atoms with Crippen LogP contribution in [0, 0.1) is 0 Å². The van der Waals surface area contributed by atoms with Crippen molar-refractivity contribution >= 4 is 27.3 Å². The van der Waals surface area contributed by atoms with E-state index in [0.29, 0.717) is 0 Å². The molecule has 0 saturated heterocycles. The minimum absolute atomic E-state index is 0.104. The molecule has 1 aromatic carbocycles. The smallest absolute Gasteiger partial charge is 0.263 e. The predicted octanol–water partition coefficient (Wildman–Crippen LogP) is 2.87. The highest BCUT2D eigenvalue weighted by molar-refractivity contribution is 7.92. The van der Waals surface area contributed by atoms with Gasteiger partial charge < -0.3 is 0 Å². The molecule has 104 valence electrons. The Morgan fingerprint density at radius 3 is 2.70 bits per heavy atom. The maximum atomic E-state index is 12.8. The molecule has 4 nitrogen and oxygen atoms in total. The van der Waals surface area contributed by atoms with Gasteiger partial charge in [0.2, 0.25) is 0 Å². The maximum Gasteiger partial charge on any atom is 0.266 e. The summed E-state index contributed by atoms with van der Waals surface area (Å²) < 4.78 is 27.0. The molecule has 2 aromatic rings. The van der Waals surface area contributed by atoms with Gasteiger partial charge in [0.05, 0.1) is 5.69 Å². The molecule has 0 spiro atoms. The topological polar surface area (TPSA) is 50.3 Å². The SMILES string of the molecule is C[C@H]1Cc2ccccc2N1S(=O)(=O)c1ccc(Cl)nc1. The van der Waals surface area contributed by atoms with Crippen molar-refractivity contribution in [3.05, 3.63) is 53.3 Å². The molecule has 1 aromatic heterocycles. The van der Waals surface area contributed by atoms with Crippen LogP contribution in [0.3, 0.4) is 0 Å². The minimum Gasteiger partial charge on any atom is -0.263 e. The zero-order chi connectivity index (χ0) is 14.3. The molecule has 2 heterocycles. The highest BCUT2D eigenvalue weighted by atomic mass is 35.5. The Morgan fingerprint density at radius 1 is 1.25 bits per heavy atom. The van der Waals surface area contributed by atoms with Crippen LogP contribution in [0.2, 0.25) is 5.15 Å². The second kappa shape index (κ2) is 4.75. The van der Waals surface area contributed by atoms with Crippen molar-refractivity contribution < 1.29 is 8.42 Å². The van der Waals surface area contributed by atoms with Gasteiger partial charge in [0.25, 0.3) is 10.0 Å². The summed E-state index contributed by atoms with van der Waals surface area (Å²) in [5, 5.41) is 0.277. The van der Waals surface area contributed by atoms with E-state index in [0.717, 1.165) is 17.7 Å². The average molecular weight is 309 g/mol. The molecule has 0 unspecified atom stereocenters. The number of hydrogen-bond acceptors (Lipinski definition) is 3. The van der Waals surface area contributed by atoms with Crippen molar-refractivity contribution in [2.75, 3.05) is 4.31 Å². The molecule has 0 amide bonds. The molecule has 0 N–H and O–H groups in total. The summed E-state index contributed by atoms with van der Waals surface area (Å²) in [6.45, 7) is 1.90. The van der Waals surface area contributed by atoms with Gasteiger partial charge in [0, 0.05) is 12.2 Å². The summed E-state index contributed by atoms with van der Waals surface area (Å²) in [5.41, 5.74) is 1.79. The number of halogens is 1. The van der Waals surface area contributed by atoms with Gasteiger partial charge in [-0.25, -0.2) is 13.4 Å². The molecule has 20 heavy (non-hydrogen) atoms. The normalized spacial score (nSPS) is 18.1. The van der Waals surface area contributed by atoms with Gasteiger partial charge in [-0.3, -0.25) is 4.31 Å². The summed E-state index contributed by atoms with van der Waals surface area (Å²) in [7, 11) is -3.61. The summed E-state index contributed by atoms with van der Waals surface area (Å²) in [6.07, 6.45) is 2.02. The van der Waals surface area contributed by atoms with Gasteiger partial charge in [-0.1, -0.05) is 29.8 Å². The van der Waals surface area contributed by atoms with Crippen LogP contribution in [-0.4, -0.2) is 19.4 Å². The third kappa shape index (κ3) is 2.07. The minimum atomic E-state index is -3.61. The predicted molar refractivity (Wildman–Crippen MR) is 78.5 cm³/mol. The second-order valence-corrected chi connectivity index (χ2v) is 7.00. The monoisotopic (exact) mass is 308 g/mol. The molecule has 6 heteroatoms. The van der Waals surface area contributed by atoms with E-state index in [-0.39, 0.29) is 16.1 Å². The number of benzene rings is 1. The molecule has 3 rings (SSSR count). The van der Waals surface area contributed by atoms with E-state index >= 15 is 0 Å². The number of hydrogen-bond donors (Lipinski definition) is 0. The summed E-state index contributed by atoms with van der Waals surface area (Å²) >= 11 is 5.71. The highest BCUT2D eigenvalue weighted by Crippen LogP contribution is 2.36. The van der Waals surface area contributed by atoms with E-state index < -0.39 is 10.0 Å². The van der Waals surface area contributed by atoms with Crippen LogP contribution >= 0.6 is 11.6 Å². The van der Waals surface area contributed by atoms with Crippen molar-refractivity contribution in [3.8, 4) is 0 Å². The molecule has 0 saturated carbocycles. The Balaban J connectivity index is 2.10. The third-order valence-electron chi connectivity index (χ3n) is 3.40. The lowest BCUT2D eigenvalue weighted by molar-refractivity contribution is 0.584. The van der Waals surface area contributed by atoms with Gasteiger partial charge in [-0.15, -0.1) is 0 Å². The number of sulfonamides is 1. The lowest BCUT2D eigenvalue weighted by Gasteiger charge is -2.24. The first-order valence-electron chi connectivity index (χ1n) is 6.24. The van der Waals surface area contributed by atoms with Gasteiger partial charge in [-0.2, -0.15) is 0 Å². The van der Waals surface area contributed by atoms with E-state index in [9.17, 15) is 8.42 Å². The molecule has 1 aliphatic rings. The summed E-state index contributed by atoms with van der Waals surface area (Å²) in [6, 6.07) is 10.4. The van der Waals surface area contributed by atoms with Crippen LogP contribution in [0.5, 0.6) is 0 Å². The molecular weight excluding hydrogens is 296 g/mol. The van der Waals surface area contributed by atoms with E-state index in [1.165, 1.54) is 22.6 Å². The molecular formula is C14H13ClN2O2S. The Hall–Kier alpha value is -1.59. The number of rotatable bonds is 2. The molecule has 0 bridgehead atoms. The molecule has 0 fully saturated rings. The first-order valence-corrected chi connectivity index (χ1v) is 8.06. The maximum absolute atomic E-state index is 12.8. The highest BCUT2D eigenvalue weighted by Gasteiger charge is 2.35. The van der Waals surface area contributed by atoms with Gasteiger partial charge in [-0.05, 0) is 37.1 Å². The van der Waals surface area contributed by atoms with E-state index in [1.54, 1.807) is 0 Å². The standard InChI is InChI=1S/C14H13ClN2O2S/c1-10-8-11-4-2-3-5-13(11)17(10)20(18,19)12-6-7-14(15)16-9-12/h2-7,9-10H,8H2,1H3/t10-/m0/s1. The largest absolute Gasteiger partial charge is 0.266 e. The summed E-state index contributed by atoms with van der Waals surface area (Å²) in [4.78, 5) is 4.02. The summed E-state index contributed by atoms with van der Waals surface area (Å²) in [5.74, 6) is 0. The van der Waals surface area contributed by atoms with E-state index in [2.05, 4.69) is 4.98 Å². The van der Waals surface area contributed by atoms with Crippen molar-refractivity contribution in [3.63, 3.8) is 0 Å². The first kappa shape index (κ1) is 13.4. The van der Waals surface area contributed by atoms with E-state index in [4.69, 9.17) is 11.6 Å². The van der Waals surface area contributed by atoms with Crippen molar-refractivity contribution in [2.24, 2.45) is 0 Å². The lowest BCUT2D eigenvalue weighted by atomic mass is 10.1. The van der Waals surface area contributed by atoms with Crippen LogP contribution in [-0.2, 0) is 16.4 Å². The number of aromatic nitrogens is 1. The van der Waals surface area contributed by atoms with Crippen molar-refractivity contribution in [2.45, 2.75) is 24.3 Å². The van der Waals surface area contributed by atoms with Crippen LogP contribution in [0.25, 0.3) is 0 Å². The van der Waals surface area contributed by atoms with Gasteiger partial charge in [0.1, 0.15) is 10.0 Å². The Kier molecular flexibility index (Phi) is 3.18. The molecule has 1 atom stereocenters. The first-order chi connectivity index (χ1) is 9.50. The average Bonchev–Trinajstić information content (AvgIpc) is 2.75. The van der Waals surface area contributed by atoms with Gasteiger partial charge >= 0.3 is 0 Å². The third-order valence-corrected chi connectivity index (χ3v) is 5.54. The Bertz CT molecular complexity index is 744. The number of fused-ring (bicyclic) bond motifs is 1. The number of nitrogens with zero attached hydrogens (tertiary/aromatic N) is 2. The van der Waals surface area contributed by atoms with Crippen LogP contribution in [0.4, 0.5) is 5.69 Å². The van der Waals surface area contributed by atoms with Crippen LogP contribution < -0.4 is 4.31 Å². The molecule has 0 aliphatic carbocycles. The fraction of sp³-hybridized carbons (Fsp3) is 0.214. The lowest BCUT2D eigenvalue weighted by Crippen LogP contribution is -2.35. The second-order valence-electron chi connectivity index (χ2n) is 4.80. The molecule has 0 radical (unpaired) electrons. The Morgan fingerprint density at radius 2 is 2.00 bits per heavy atom. The van der Waals surface area contributed by atoms with E-state index in [1.807, 2.05) is 31.2 Å². The fourth-order valence-electron chi connectivity index (χ4n) is 2.53. The molecule has 1 aliphatic heterocycles. The Labute approximate surface area is 123 Å². The van der Waals surface area contributed by atoms with Gasteiger partial charge in [0.15, 0.2) is 0 Å². The van der Waals surface area contributed by atoms with Crippen molar-refractivity contribution in [1.82, 2.24) is 4.98 Å². The zero-order valence-corrected chi connectivity index (χ0v) is 12.4.